The highest BCUT2D eigenvalue weighted by molar-refractivity contribution is 7.94. The van der Waals surface area contributed by atoms with E-state index in [0.717, 1.165) is 12.0 Å². The first kappa shape index (κ1) is 23.2. The van der Waals surface area contributed by atoms with Crippen molar-refractivity contribution in [3.05, 3.63) is 59.7 Å². The molecule has 32 heavy (non-hydrogen) atoms. The molecule has 2 fully saturated rings. The molecule has 2 aliphatic rings. The average molecular weight is 464 g/mol. The van der Waals surface area contributed by atoms with Crippen molar-refractivity contribution in [1.29, 1.82) is 0 Å². The molecule has 5 atom stereocenters. The second-order valence-electron chi connectivity index (χ2n) is 8.92. The Morgan fingerprint density at radius 1 is 1.09 bits per heavy atom. The molecule has 8 heteroatoms. The molecule has 0 bridgehead atoms. The normalized spacial score (nSPS) is 26.3. The van der Waals surface area contributed by atoms with Gasteiger partial charge in [0.1, 0.15) is 29.0 Å². The third kappa shape index (κ3) is 4.83. The number of carbonyl (C=O) groups excluding carboxylic acids is 1. The standard InChI is InChI=1S/C24H29F2N2O3S/c1-14-10-15(27-32(2)24(30)31)13-28(12-14)23(29)19-11-18(19)16-6-3-4-7-17(16)22-20(25)8-5-9-21(22)26/h3-9,14-15,18-19,24,27,30-31H,10-13H2,1-2H3/q+1. The molecule has 1 amide bonds. The van der Waals surface area contributed by atoms with E-state index in [4.69, 9.17) is 0 Å². The van der Waals surface area contributed by atoms with Gasteiger partial charge in [0.25, 0.3) is 0 Å². The number of benzene rings is 2. The van der Waals surface area contributed by atoms with Gasteiger partial charge in [-0.2, -0.15) is 0 Å². The van der Waals surface area contributed by atoms with E-state index in [1.165, 1.54) is 18.2 Å². The number of likely N-dealkylation sites (tertiary alicyclic amines) is 1. The fraction of sp³-hybridized carbons (Fsp3) is 0.458. The Bertz CT molecular complexity index is 969. The number of amides is 1. The monoisotopic (exact) mass is 463 g/mol. The van der Waals surface area contributed by atoms with Crippen LogP contribution in [0.5, 0.6) is 0 Å². The van der Waals surface area contributed by atoms with Crippen LogP contribution in [0.1, 0.15) is 31.2 Å². The van der Waals surface area contributed by atoms with Gasteiger partial charge in [-0.3, -0.25) is 4.79 Å². The van der Waals surface area contributed by atoms with Gasteiger partial charge in [0.05, 0.1) is 11.6 Å². The van der Waals surface area contributed by atoms with Crippen molar-refractivity contribution < 1.29 is 23.8 Å². The van der Waals surface area contributed by atoms with Crippen LogP contribution in [0.3, 0.4) is 0 Å². The number of nitrogens with one attached hydrogen (secondary N) is 1. The maximum absolute atomic E-state index is 14.4. The Balaban J connectivity index is 1.50. The van der Waals surface area contributed by atoms with Crippen molar-refractivity contribution in [2.24, 2.45) is 11.8 Å². The molecule has 0 aromatic heterocycles. The minimum Gasteiger partial charge on any atom is -0.340 e. The number of rotatable bonds is 6. The highest BCUT2D eigenvalue weighted by Crippen LogP contribution is 2.51. The van der Waals surface area contributed by atoms with Crippen LogP contribution in [0.2, 0.25) is 0 Å². The second-order valence-corrected chi connectivity index (χ2v) is 10.7. The van der Waals surface area contributed by atoms with Crippen LogP contribution >= 0.6 is 0 Å². The highest BCUT2D eigenvalue weighted by Gasteiger charge is 2.48. The van der Waals surface area contributed by atoms with Gasteiger partial charge < -0.3 is 15.1 Å². The van der Waals surface area contributed by atoms with Gasteiger partial charge in [-0.25, -0.2) is 8.78 Å². The molecule has 0 radical (unpaired) electrons. The lowest BCUT2D eigenvalue weighted by atomic mass is 9.94. The van der Waals surface area contributed by atoms with Crippen LogP contribution in [-0.2, 0) is 15.9 Å². The largest absolute Gasteiger partial charge is 0.344 e. The van der Waals surface area contributed by atoms with Crippen molar-refractivity contribution in [2.45, 2.75) is 37.3 Å². The minimum atomic E-state index is -1.43. The third-order valence-corrected chi connectivity index (χ3v) is 7.68. The van der Waals surface area contributed by atoms with Crippen molar-refractivity contribution in [1.82, 2.24) is 9.62 Å². The Morgan fingerprint density at radius 2 is 1.78 bits per heavy atom. The molecule has 172 valence electrons. The van der Waals surface area contributed by atoms with Crippen LogP contribution in [0.4, 0.5) is 8.78 Å². The molecule has 1 saturated carbocycles. The van der Waals surface area contributed by atoms with E-state index in [2.05, 4.69) is 11.6 Å². The Hall–Kier alpha value is -2.00. The Morgan fingerprint density at radius 3 is 2.47 bits per heavy atom. The lowest BCUT2D eigenvalue weighted by Crippen LogP contribution is -2.53. The lowest BCUT2D eigenvalue weighted by molar-refractivity contribution is -0.134. The summed E-state index contributed by atoms with van der Waals surface area (Å²) in [5.74, 6) is -1.16. The minimum absolute atomic E-state index is 0.00479. The van der Waals surface area contributed by atoms with Crippen molar-refractivity contribution in [2.75, 3.05) is 19.3 Å². The van der Waals surface area contributed by atoms with Crippen LogP contribution in [0.15, 0.2) is 42.5 Å². The van der Waals surface area contributed by atoms with Crippen LogP contribution in [0.25, 0.3) is 11.1 Å². The van der Waals surface area contributed by atoms with E-state index in [9.17, 15) is 23.8 Å². The van der Waals surface area contributed by atoms with Gasteiger partial charge >= 0.3 is 5.62 Å². The summed E-state index contributed by atoms with van der Waals surface area (Å²) in [6.45, 7) is 3.25. The molecule has 1 heterocycles. The van der Waals surface area contributed by atoms with Gasteiger partial charge in [0.15, 0.2) is 0 Å². The molecule has 5 nitrogen and oxygen atoms in total. The first-order chi connectivity index (χ1) is 15.3. The predicted octanol–water partition coefficient (Wildman–Crippen LogP) is 2.99. The number of carbonyl (C=O) groups is 1. The first-order valence-electron chi connectivity index (χ1n) is 10.9. The SMILES string of the molecule is CC1CC(N[S+](C)C(O)O)CN(C(=O)C2CC2c2ccccc2-c2c(F)cccc2F)C1. The quantitative estimate of drug-likeness (QED) is 0.455. The summed E-state index contributed by atoms with van der Waals surface area (Å²) in [7, 11) is 0. The molecule has 4 rings (SSSR count). The van der Waals surface area contributed by atoms with Crippen LogP contribution in [0, 0.1) is 23.5 Å². The zero-order valence-electron chi connectivity index (χ0n) is 18.2. The van der Waals surface area contributed by atoms with E-state index in [1.807, 2.05) is 17.0 Å². The number of nitrogens with zero attached hydrogens (tertiary/aromatic N) is 1. The third-order valence-electron chi connectivity index (χ3n) is 6.34. The van der Waals surface area contributed by atoms with Gasteiger partial charge in [0.2, 0.25) is 5.91 Å². The van der Waals surface area contributed by atoms with E-state index in [-0.39, 0.29) is 35.3 Å². The molecule has 1 aliphatic heterocycles. The summed E-state index contributed by atoms with van der Waals surface area (Å²) < 4.78 is 32.1. The summed E-state index contributed by atoms with van der Waals surface area (Å²) in [5.41, 5.74) is -0.177. The van der Waals surface area contributed by atoms with Gasteiger partial charge in [-0.1, -0.05) is 37.3 Å². The van der Waals surface area contributed by atoms with Crippen LogP contribution in [-0.4, -0.2) is 52.0 Å². The molecular weight excluding hydrogens is 434 g/mol. The maximum atomic E-state index is 14.4. The predicted molar refractivity (Wildman–Crippen MR) is 121 cm³/mol. The lowest BCUT2D eigenvalue weighted by Gasteiger charge is -2.36. The number of hydrogen-bond donors (Lipinski definition) is 3. The molecule has 1 saturated heterocycles. The molecule has 0 spiro atoms. The molecule has 2 aromatic rings. The molecular formula is C24H29F2N2O3S+. The molecule has 2 aromatic carbocycles. The Kier molecular flexibility index (Phi) is 6.86. The maximum Gasteiger partial charge on any atom is 0.344 e. The first-order valence-corrected chi connectivity index (χ1v) is 12.5. The number of halogens is 2. The smallest absolute Gasteiger partial charge is 0.340 e. The fourth-order valence-electron chi connectivity index (χ4n) is 4.79. The van der Waals surface area contributed by atoms with Gasteiger partial charge in [-0.15, -0.1) is 4.72 Å². The number of piperidine rings is 1. The number of aliphatic hydroxyl groups excluding tert-OH is 1. The summed E-state index contributed by atoms with van der Waals surface area (Å²) in [5, 5.41) is 18.8. The second kappa shape index (κ2) is 9.47. The number of aliphatic hydroxyl groups is 2. The van der Waals surface area contributed by atoms with Crippen molar-refractivity contribution in [3.8, 4) is 11.1 Å². The van der Waals surface area contributed by atoms with Crippen molar-refractivity contribution in [3.63, 3.8) is 0 Å². The van der Waals surface area contributed by atoms with E-state index in [1.54, 1.807) is 18.4 Å². The summed E-state index contributed by atoms with van der Waals surface area (Å²) in [6, 6.07) is 11.0. The van der Waals surface area contributed by atoms with E-state index in [0.29, 0.717) is 25.1 Å². The van der Waals surface area contributed by atoms with Crippen molar-refractivity contribution >= 4 is 17.0 Å². The number of hydrogen-bond acceptors (Lipinski definition) is 4. The van der Waals surface area contributed by atoms with E-state index < -0.39 is 28.3 Å². The van der Waals surface area contributed by atoms with E-state index >= 15 is 0 Å². The zero-order valence-corrected chi connectivity index (χ0v) is 19.0. The summed E-state index contributed by atoms with van der Waals surface area (Å²) in [6.07, 6.45) is 3.24. The average Bonchev–Trinajstić information content (AvgIpc) is 3.53. The van der Waals surface area contributed by atoms with Gasteiger partial charge in [-0.05, 0) is 47.9 Å². The summed E-state index contributed by atoms with van der Waals surface area (Å²) >= 11 is -0.771. The van der Waals surface area contributed by atoms with Gasteiger partial charge in [0, 0.05) is 19.0 Å². The topological polar surface area (TPSA) is 72.8 Å². The fourth-order valence-corrected chi connectivity index (χ4v) is 5.61. The summed E-state index contributed by atoms with van der Waals surface area (Å²) in [4.78, 5) is 15.1. The molecule has 1 aliphatic carbocycles. The molecule has 3 N–H and O–H groups in total. The zero-order chi connectivity index (χ0) is 23.0. The van der Waals surface area contributed by atoms with Crippen LogP contribution < -0.4 is 4.72 Å². The Labute approximate surface area is 189 Å². The molecule has 5 unspecified atom stereocenters. The highest BCUT2D eigenvalue weighted by atomic mass is 32.2.